The molecule has 0 fully saturated rings. The number of nitrogen functional groups attached to an aromatic ring is 1. The predicted molar refractivity (Wildman–Crippen MR) is 82.1 cm³/mol. The van der Waals surface area contributed by atoms with E-state index in [2.05, 4.69) is 15.9 Å². The molecule has 1 aliphatic rings. The normalized spacial score (nSPS) is 12.2. The summed E-state index contributed by atoms with van der Waals surface area (Å²) in [6, 6.07) is 11.0. The maximum Gasteiger partial charge on any atom is 0.231 e. The fourth-order valence-electron chi connectivity index (χ4n) is 2.00. The zero-order chi connectivity index (χ0) is 14.8. The lowest BCUT2D eigenvalue weighted by molar-refractivity contribution is 0.174. The molecule has 1 aliphatic heterocycles. The van der Waals surface area contributed by atoms with Gasteiger partial charge in [-0.1, -0.05) is 6.07 Å². The maximum absolute atomic E-state index is 7.44. The number of amidine groups is 1. The van der Waals surface area contributed by atoms with E-state index in [-0.39, 0.29) is 12.6 Å². The first-order valence-corrected chi connectivity index (χ1v) is 7.08. The summed E-state index contributed by atoms with van der Waals surface area (Å²) in [6.07, 6.45) is 0. The van der Waals surface area contributed by atoms with Crippen LogP contribution >= 0.6 is 15.9 Å². The van der Waals surface area contributed by atoms with Gasteiger partial charge in [0.15, 0.2) is 11.5 Å². The smallest absolute Gasteiger partial charge is 0.231 e. The Balaban J connectivity index is 1.70. The summed E-state index contributed by atoms with van der Waals surface area (Å²) in [5.41, 5.74) is 7.10. The van der Waals surface area contributed by atoms with Gasteiger partial charge < -0.3 is 19.9 Å². The van der Waals surface area contributed by atoms with E-state index in [4.69, 9.17) is 25.4 Å². The minimum absolute atomic E-state index is 0.0178. The molecule has 0 bridgehead atoms. The summed E-state index contributed by atoms with van der Waals surface area (Å²) in [5.74, 6) is 2.21. The van der Waals surface area contributed by atoms with E-state index in [9.17, 15) is 0 Å². The van der Waals surface area contributed by atoms with Crippen LogP contribution in [0.2, 0.25) is 0 Å². The van der Waals surface area contributed by atoms with Crippen molar-refractivity contribution in [1.82, 2.24) is 0 Å². The lowest BCUT2D eigenvalue weighted by Crippen LogP contribution is -2.11. The minimum atomic E-state index is 0.0178. The number of benzene rings is 2. The number of hydrogen-bond acceptors (Lipinski definition) is 4. The van der Waals surface area contributed by atoms with Crippen molar-refractivity contribution in [2.45, 2.75) is 6.61 Å². The van der Waals surface area contributed by atoms with Gasteiger partial charge in [-0.05, 0) is 51.8 Å². The number of nitrogens with one attached hydrogen (secondary N) is 1. The van der Waals surface area contributed by atoms with E-state index >= 15 is 0 Å². The van der Waals surface area contributed by atoms with Crippen LogP contribution in [0.4, 0.5) is 0 Å². The Kier molecular flexibility index (Phi) is 3.70. The number of halogens is 1. The maximum atomic E-state index is 7.44. The molecule has 2 aromatic rings. The molecule has 0 atom stereocenters. The molecule has 0 saturated heterocycles. The van der Waals surface area contributed by atoms with Crippen LogP contribution in [0.25, 0.3) is 0 Å². The third kappa shape index (κ3) is 2.95. The Hall–Kier alpha value is -2.21. The minimum Gasteiger partial charge on any atom is -0.489 e. The molecule has 0 aliphatic carbocycles. The Morgan fingerprint density at radius 1 is 1.19 bits per heavy atom. The van der Waals surface area contributed by atoms with E-state index < -0.39 is 0 Å². The molecule has 3 N–H and O–H groups in total. The summed E-state index contributed by atoms with van der Waals surface area (Å²) in [5, 5.41) is 7.44. The molecule has 0 saturated carbocycles. The van der Waals surface area contributed by atoms with Crippen LogP contribution in [0.5, 0.6) is 17.2 Å². The molecule has 5 nitrogen and oxygen atoms in total. The lowest BCUT2D eigenvalue weighted by Gasteiger charge is -2.09. The van der Waals surface area contributed by atoms with Gasteiger partial charge in [-0.3, -0.25) is 5.41 Å². The lowest BCUT2D eigenvalue weighted by atomic mass is 10.2. The van der Waals surface area contributed by atoms with Crippen LogP contribution in [-0.2, 0) is 6.61 Å². The highest BCUT2D eigenvalue weighted by molar-refractivity contribution is 9.10. The van der Waals surface area contributed by atoms with Crippen LogP contribution in [0.15, 0.2) is 40.9 Å². The van der Waals surface area contributed by atoms with Gasteiger partial charge in [0.05, 0.1) is 0 Å². The Bertz CT molecular complexity index is 703. The summed E-state index contributed by atoms with van der Waals surface area (Å²) in [7, 11) is 0. The molecule has 0 unspecified atom stereocenters. The number of hydrogen-bond donors (Lipinski definition) is 2. The standard InChI is InChI=1S/C15H13BrN2O3/c16-12-6-10(2-3-11(12)15(17)18)19-7-9-1-4-13-14(5-9)21-8-20-13/h1-6H,7-8H2,(H3,17,18). The fourth-order valence-corrected chi connectivity index (χ4v) is 2.57. The van der Waals surface area contributed by atoms with Gasteiger partial charge in [0.25, 0.3) is 0 Å². The van der Waals surface area contributed by atoms with E-state index in [1.807, 2.05) is 18.2 Å². The Morgan fingerprint density at radius 3 is 2.76 bits per heavy atom. The second-order valence-electron chi connectivity index (χ2n) is 4.53. The second kappa shape index (κ2) is 5.65. The van der Waals surface area contributed by atoms with Crippen LogP contribution in [0, 0.1) is 5.41 Å². The van der Waals surface area contributed by atoms with Gasteiger partial charge in [-0.2, -0.15) is 0 Å². The van der Waals surface area contributed by atoms with Crippen LogP contribution in [-0.4, -0.2) is 12.6 Å². The Labute approximate surface area is 130 Å². The van der Waals surface area contributed by atoms with Crippen LogP contribution < -0.4 is 19.9 Å². The van der Waals surface area contributed by atoms with Gasteiger partial charge in [0.2, 0.25) is 6.79 Å². The first-order chi connectivity index (χ1) is 10.1. The molecule has 0 spiro atoms. The molecule has 0 amide bonds. The van der Waals surface area contributed by atoms with E-state index in [0.717, 1.165) is 21.5 Å². The SMILES string of the molecule is N=C(N)c1ccc(OCc2ccc3c(c2)OCO3)cc1Br. The zero-order valence-corrected chi connectivity index (χ0v) is 12.6. The van der Waals surface area contributed by atoms with Gasteiger partial charge in [0, 0.05) is 10.0 Å². The van der Waals surface area contributed by atoms with E-state index in [1.165, 1.54) is 0 Å². The largest absolute Gasteiger partial charge is 0.489 e. The molecule has 0 radical (unpaired) electrons. The van der Waals surface area contributed by atoms with Gasteiger partial charge >= 0.3 is 0 Å². The average Bonchev–Trinajstić information content (AvgIpc) is 2.92. The summed E-state index contributed by atoms with van der Waals surface area (Å²) >= 11 is 3.38. The molecule has 6 heteroatoms. The molecule has 0 aromatic heterocycles. The number of ether oxygens (including phenoxy) is 3. The molecule has 21 heavy (non-hydrogen) atoms. The van der Waals surface area contributed by atoms with Crippen molar-refractivity contribution in [3.8, 4) is 17.2 Å². The highest BCUT2D eigenvalue weighted by atomic mass is 79.9. The van der Waals surface area contributed by atoms with Crippen molar-refractivity contribution in [2.75, 3.05) is 6.79 Å². The molecular formula is C15H13BrN2O3. The zero-order valence-electron chi connectivity index (χ0n) is 11.1. The third-order valence-electron chi connectivity index (χ3n) is 3.07. The van der Waals surface area contributed by atoms with Crippen molar-refractivity contribution in [2.24, 2.45) is 5.73 Å². The van der Waals surface area contributed by atoms with Crippen molar-refractivity contribution in [1.29, 1.82) is 5.41 Å². The highest BCUT2D eigenvalue weighted by Gasteiger charge is 2.13. The number of fused-ring (bicyclic) bond motifs is 1. The summed E-state index contributed by atoms with van der Waals surface area (Å²) in [6.45, 7) is 0.682. The summed E-state index contributed by atoms with van der Waals surface area (Å²) < 4.78 is 17.1. The van der Waals surface area contributed by atoms with E-state index in [1.54, 1.807) is 18.2 Å². The molecule has 2 aromatic carbocycles. The van der Waals surface area contributed by atoms with Crippen molar-refractivity contribution in [3.63, 3.8) is 0 Å². The van der Waals surface area contributed by atoms with Gasteiger partial charge in [0.1, 0.15) is 18.2 Å². The van der Waals surface area contributed by atoms with Gasteiger partial charge in [-0.25, -0.2) is 0 Å². The molecule has 108 valence electrons. The number of rotatable bonds is 4. The van der Waals surface area contributed by atoms with Crippen molar-refractivity contribution < 1.29 is 14.2 Å². The first-order valence-electron chi connectivity index (χ1n) is 6.29. The molecule has 1 heterocycles. The number of nitrogens with two attached hydrogens (primary N) is 1. The fraction of sp³-hybridized carbons (Fsp3) is 0.133. The second-order valence-corrected chi connectivity index (χ2v) is 5.39. The topological polar surface area (TPSA) is 77.6 Å². The molecule has 3 rings (SSSR count). The summed E-state index contributed by atoms with van der Waals surface area (Å²) in [4.78, 5) is 0. The van der Waals surface area contributed by atoms with Crippen molar-refractivity contribution >= 4 is 21.8 Å². The highest BCUT2D eigenvalue weighted by Crippen LogP contribution is 2.33. The quantitative estimate of drug-likeness (QED) is 0.657. The Morgan fingerprint density at radius 2 is 2.00 bits per heavy atom. The average molecular weight is 349 g/mol. The predicted octanol–water partition coefficient (Wildman–Crippen LogP) is 3.04. The van der Waals surface area contributed by atoms with Gasteiger partial charge in [-0.15, -0.1) is 0 Å². The first kappa shape index (κ1) is 13.8. The van der Waals surface area contributed by atoms with Crippen LogP contribution in [0.3, 0.4) is 0 Å². The monoisotopic (exact) mass is 348 g/mol. The van der Waals surface area contributed by atoms with Crippen molar-refractivity contribution in [3.05, 3.63) is 52.0 Å². The van der Waals surface area contributed by atoms with Crippen LogP contribution in [0.1, 0.15) is 11.1 Å². The third-order valence-corrected chi connectivity index (χ3v) is 3.73. The molecular weight excluding hydrogens is 336 g/mol. The van der Waals surface area contributed by atoms with E-state index in [0.29, 0.717) is 17.9 Å².